The Balaban J connectivity index is 0.00000274. The SMILES string of the molecule is Cc1cc(C)c2sc(N3CCN(CCNC(=O)c4cc5ccccc5oc4=O)CC3)nc2c1.Cl. The van der Waals surface area contributed by atoms with E-state index in [-0.39, 0.29) is 18.0 Å². The van der Waals surface area contributed by atoms with Crippen LogP contribution in [-0.4, -0.2) is 55.1 Å². The van der Waals surface area contributed by atoms with Crippen LogP contribution in [0.1, 0.15) is 21.5 Å². The highest BCUT2D eigenvalue weighted by molar-refractivity contribution is 7.22. The van der Waals surface area contributed by atoms with E-state index in [1.807, 2.05) is 12.1 Å². The first kappa shape index (κ1) is 24.2. The Kier molecular flexibility index (Phi) is 7.21. The summed E-state index contributed by atoms with van der Waals surface area (Å²) in [6.45, 7) is 9.08. The van der Waals surface area contributed by atoms with Crippen molar-refractivity contribution in [2.24, 2.45) is 0 Å². The molecule has 7 nitrogen and oxygen atoms in total. The molecule has 0 aliphatic carbocycles. The predicted octanol–water partition coefficient (Wildman–Crippen LogP) is 3.99. The molecule has 0 bridgehead atoms. The molecule has 1 amide bonds. The molecule has 2 aromatic carbocycles. The summed E-state index contributed by atoms with van der Waals surface area (Å²) in [5, 5.41) is 4.67. The fourth-order valence-electron chi connectivity index (χ4n) is 4.31. The molecule has 1 N–H and O–H groups in total. The number of piperazine rings is 1. The van der Waals surface area contributed by atoms with Gasteiger partial charge in [0, 0.05) is 44.7 Å². The molecule has 0 radical (unpaired) electrons. The Labute approximate surface area is 207 Å². The number of halogens is 1. The first-order chi connectivity index (χ1) is 16.0. The molecule has 0 spiro atoms. The van der Waals surface area contributed by atoms with Crippen molar-refractivity contribution < 1.29 is 9.21 Å². The van der Waals surface area contributed by atoms with E-state index in [4.69, 9.17) is 9.40 Å². The average molecular weight is 499 g/mol. The summed E-state index contributed by atoms with van der Waals surface area (Å²) in [7, 11) is 0. The standard InChI is InChI=1S/C25H26N4O3S.ClH/c1-16-13-17(2)22-20(14-16)27-25(33-22)29-11-9-28(10-12-29)8-7-26-23(30)19-15-18-5-3-4-6-21(18)32-24(19)31;/h3-6,13-15H,7-12H2,1-2H3,(H,26,30);1H. The number of fused-ring (bicyclic) bond motifs is 2. The molecular weight excluding hydrogens is 472 g/mol. The van der Waals surface area contributed by atoms with E-state index in [0.717, 1.165) is 48.8 Å². The lowest BCUT2D eigenvalue weighted by molar-refractivity contribution is 0.0944. The number of nitrogens with zero attached hydrogens (tertiary/aromatic N) is 3. The van der Waals surface area contributed by atoms with Crippen molar-refractivity contribution in [3.05, 3.63) is 69.6 Å². The van der Waals surface area contributed by atoms with Gasteiger partial charge >= 0.3 is 5.63 Å². The largest absolute Gasteiger partial charge is 0.422 e. The molecule has 9 heteroatoms. The highest BCUT2D eigenvalue weighted by Gasteiger charge is 2.21. The Bertz CT molecular complexity index is 1390. The molecular formula is C25H27ClN4O3S. The third-order valence-electron chi connectivity index (χ3n) is 6.05. The van der Waals surface area contributed by atoms with Gasteiger partial charge in [-0.1, -0.05) is 35.6 Å². The minimum absolute atomic E-state index is 0. The zero-order valence-corrected chi connectivity index (χ0v) is 20.8. The Morgan fingerprint density at radius 3 is 2.68 bits per heavy atom. The summed E-state index contributed by atoms with van der Waals surface area (Å²) in [4.78, 5) is 34.2. The maximum atomic E-state index is 12.5. The van der Waals surface area contributed by atoms with Crippen LogP contribution in [-0.2, 0) is 0 Å². The number of carbonyl (C=O) groups excluding carboxylic acids is 1. The molecule has 5 rings (SSSR count). The third-order valence-corrected chi connectivity index (χ3v) is 7.32. The van der Waals surface area contributed by atoms with Crippen LogP contribution in [0.2, 0.25) is 0 Å². The number of carbonyl (C=O) groups is 1. The second-order valence-electron chi connectivity index (χ2n) is 8.50. The highest BCUT2D eigenvalue weighted by atomic mass is 35.5. The number of thiazole rings is 1. The van der Waals surface area contributed by atoms with Crippen molar-refractivity contribution in [2.75, 3.05) is 44.2 Å². The summed E-state index contributed by atoms with van der Waals surface area (Å²) in [6.07, 6.45) is 0. The predicted molar refractivity (Wildman–Crippen MR) is 140 cm³/mol. The minimum Gasteiger partial charge on any atom is -0.422 e. The van der Waals surface area contributed by atoms with E-state index in [9.17, 15) is 9.59 Å². The third kappa shape index (κ3) is 4.94. The molecule has 3 heterocycles. The van der Waals surface area contributed by atoms with Crippen LogP contribution in [0, 0.1) is 13.8 Å². The fourth-order valence-corrected chi connectivity index (χ4v) is 5.37. The zero-order valence-electron chi connectivity index (χ0n) is 19.2. The smallest absolute Gasteiger partial charge is 0.349 e. The molecule has 0 saturated carbocycles. The molecule has 34 heavy (non-hydrogen) atoms. The number of aryl methyl sites for hydroxylation is 2. The minimum atomic E-state index is -0.610. The molecule has 0 unspecified atom stereocenters. The second kappa shape index (κ2) is 10.1. The number of amides is 1. The van der Waals surface area contributed by atoms with Crippen LogP contribution < -0.4 is 15.8 Å². The van der Waals surface area contributed by atoms with E-state index in [1.54, 1.807) is 29.5 Å². The van der Waals surface area contributed by atoms with Crippen molar-refractivity contribution in [1.82, 2.24) is 15.2 Å². The molecule has 1 saturated heterocycles. The van der Waals surface area contributed by atoms with E-state index >= 15 is 0 Å². The van der Waals surface area contributed by atoms with E-state index in [2.05, 4.69) is 41.1 Å². The first-order valence-electron chi connectivity index (χ1n) is 11.1. The van der Waals surface area contributed by atoms with Crippen molar-refractivity contribution >= 4 is 56.0 Å². The van der Waals surface area contributed by atoms with Crippen molar-refractivity contribution in [3.63, 3.8) is 0 Å². The molecule has 1 aliphatic rings. The molecule has 2 aromatic heterocycles. The molecule has 0 atom stereocenters. The molecule has 178 valence electrons. The molecule has 1 aliphatic heterocycles. The van der Waals surface area contributed by atoms with Gasteiger partial charge in [0.2, 0.25) is 0 Å². The number of rotatable bonds is 5. The average Bonchev–Trinajstić information content (AvgIpc) is 3.23. The number of nitrogens with one attached hydrogen (secondary N) is 1. The lowest BCUT2D eigenvalue weighted by Gasteiger charge is -2.34. The summed E-state index contributed by atoms with van der Waals surface area (Å²) in [5.41, 5.74) is 3.51. The maximum Gasteiger partial charge on any atom is 0.349 e. The van der Waals surface area contributed by atoms with E-state index < -0.39 is 11.5 Å². The first-order valence-corrected chi connectivity index (χ1v) is 12.0. The van der Waals surface area contributed by atoms with Crippen LogP contribution in [0.25, 0.3) is 21.2 Å². The number of benzene rings is 2. The topological polar surface area (TPSA) is 78.7 Å². The summed E-state index contributed by atoms with van der Waals surface area (Å²) >= 11 is 1.76. The Morgan fingerprint density at radius 1 is 1.12 bits per heavy atom. The van der Waals surface area contributed by atoms with Gasteiger partial charge in [0.15, 0.2) is 5.13 Å². The highest BCUT2D eigenvalue weighted by Crippen LogP contribution is 2.32. The summed E-state index contributed by atoms with van der Waals surface area (Å²) in [6, 6.07) is 13.1. The monoisotopic (exact) mass is 498 g/mol. The fraction of sp³-hybridized carbons (Fsp3) is 0.320. The molecule has 4 aromatic rings. The van der Waals surface area contributed by atoms with Crippen LogP contribution in [0.5, 0.6) is 0 Å². The van der Waals surface area contributed by atoms with Gasteiger partial charge in [0.05, 0.1) is 10.2 Å². The Morgan fingerprint density at radius 2 is 1.88 bits per heavy atom. The van der Waals surface area contributed by atoms with Gasteiger partial charge in [-0.15, -0.1) is 12.4 Å². The number of hydrogen-bond donors (Lipinski definition) is 1. The zero-order chi connectivity index (χ0) is 22.9. The van der Waals surface area contributed by atoms with Crippen molar-refractivity contribution in [3.8, 4) is 0 Å². The quantitative estimate of drug-likeness (QED) is 0.419. The van der Waals surface area contributed by atoms with Gasteiger partial charge in [-0.3, -0.25) is 9.69 Å². The van der Waals surface area contributed by atoms with Gasteiger partial charge in [0.25, 0.3) is 5.91 Å². The number of anilines is 1. The van der Waals surface area contributed by atoms with Crippen molar-refractivity contribution in [1.29, 1.82) is 0 Å². The van der Waals surface area contributed by atoms with Crippen LogP contribution in [0.4, 0.5) is 5.13 Å². The van der Waals surface area contributed by atoms with E-state index in [0.29, 0.717) is 12.1 Å². The van der Waals surface area contributed by atoms with Crippen LogP contribution in [0.3, 0.4) is 0 Å². The van der Waals surface area contributed by atoms with Crippen molar-refractivity contribution in [2.45, 2.75) is 13.8 Å². The van der Waals surface area contributed by atoms with Crippen LogP contribution in [0.15, 0.2) is 51.7 Å². The Hall–Kier alpha value is -2.94. The van der Waals surface area contributed by atoms with Gasteiger partial charge in [0.1, 0.15) is 11.1 Å². The van der Waals surface area contributed by atoms with Gasteiger partial charge < -0.3 is 14.6 Å². The van der Waals surface area contributed by atoms with Gasteiger partial charge in [-0.05, 0) is 43.2 Å². The second-order valence-corrected chi connectivity index (χ2v) is 9.47. The summed E-state index contributed by atoms with van der Waals surface area (Å²) < 4.78 is 6.53. The maximum absolute atomic E-state index is 12.5. The van der Waals surface area contributed by atoms with Gasteiger partial charge in [-0.2, -0.15) is 0 Å². The normalized spacial score (nSPS) is 14.4. The van der Waals surface area contributed by atoms with E-state index in [1.165, 1.54) is 15.8 Å². The van der Waals surface area contributed by atoms with Gasteiger partial charge in [-0.25, -0.2) is 9.78 Å². The number of para-hydroxylation sites is 1. The summed E-state index contributed by atoms with van der Waals surface area (Å²) in [5.74, 6) is -0.395. The number of hydrogen-bond acceptors (Lipinski definition) is 7. The number of aromatic nitrogens is 1. The van der Waals surface area contributed by atoms with Crippen LogP contribution >= 0.6 is 23.7 Å². The molecule has 1 fully saturated rings. The lowest BCUT2D eigenvalue weighted by Crippen LogP contribution is -2.48. The lowest BCUT2D eigenvalue weighted by atomic mass is 10.1.